The van der Waals surface area contributed by atoms with Gasteiger partial charge in [-0.15, -0.1) is 0 Å². The summed E-state index contributed by atoms with van der Waals surface area (Å²) >= 11 is 0. The second-order valence-corrected chi connectivity index (χ2v) is 17.5. The molecular weight excluding hydrogens is 495 g/mol. The van der Waals surface area contributed by atoms with Crippen molar-refractivity contribution in [3.8, 4) is 0 Å². The third kappa shape index (κ3) is 30.7. The largest absolute Gasteiger partial charge is 0.748 e. The molecule has 0 aliphatic carbocycles. The highest BCUT2D eigenvalue weighted by atomic mass is 32.2. The maximum Gasteiger partial charge on any atom is 0.0945 e. The van der Waals surface area contributed by atoms with E-state index in [0.29, 0.717) is 6.42 Å². The van der Waals surface area contributed by atoms with Gasteiger partial charge in [-0.3, -0.25) is 0 Å². The molecule has 3 nitrogen and oxygen atoms in total. The van der Waals surface area contributed by atoms with Crippen molar-refractivity contribution in [1.82, 2.24) is 0 Å². The summed E-state index contributed by atoms with van der Waals surface area (Å²) in [6.45, 7) is 11.3. The molecule has 0 saturated carbocycles. The molecule has 0 aliphatic heterocycles. The minimum Gasteiger partial charge on any atom is -0.748 e. The molecule has 5 heteroatoms. The van der Waals surface area contributed by atoms with Crippen molar-refractivity contribution < 1.29 is 13.0 Å². The first-order chi connectivity index (χ1) is 17.8. The van der Waals surface area contributed by atoms with E-state index in [4.69, 9.17) is 0 Å². The molecule has 0 amide bonds. The molecule has 0 aromatic heterocycles. The molecule has 0 aromatic rings. The van der Waals surface area contributed by atoms with Gasteiger partial charge in [-0.1, -0.05) is 137 Å². The molecule has 0 N–H and O–H groups in total. The summed E-state index contributed by atoms with van der Waals surface area (Å²) in [4.78, 5) is 0. The Morgan fingerprint density at radius 3 is 0.946 bits per heavy atom. The molecule has 0 bridgehead atoms. The second kappa shape index (κ2) is 29.3. The monoisotopic (exact) mass is 564 g/mol. The third-order valence-corrected chi connectivity index (χ3v) is 13.5. The van der Waals surface area contributed by atoms with Crippen molar-refractivity contribution in [3.63, 3.8) is 0 Å². The molecule has 0 heterocycles. The van der Waals surface area contributed by atoms with Crippen molar-refractivity contribution in [3.05, 3.63) is 0 Å². The van der Waals surface area contributed by atoms with E-state index in [2.05, 4.69) is 27.7 Å². The van der Waals surface area contributed by atoms with Crippen LogP contribution in [0.5, 0.6) is 0 Å². The molecule has 0 rings (SSSR count). The Kier molecular flexibility index (Phi) is 31.3. The predicted octanol–water partition coefficient (Wildman–Crippen LogP) is 11.2. The summed E-state index contributed by atoms with van der Waals surface area (Å²) in [5.74, 6) is -0.219. The molecule has 0 spiro atoms. The van der Waals surface area contributed by atoms with Crippen LogP contribution < -0.4 is 0 Å². The van der Waals surface area contributed by atoms with Gasteiger partial charge in [-0.2, -0.15) is 0 Å². The fourth-order valence-electron chi connectivity index (χ4n) is 5.11. The highest BCUT2D eigenvalue weighted by molar-refractivity contribution is 7.85. The van der Waals surface area contributed by atoms with Crippen LogP contribution in [-0.2, 0) is 10.1 Å². The summed E-state index contributed by atoms with van der Waals surface area (Å²) in [7, 11) is -4.57. The maximum absolute atomic E-state index is 9.83. The maximum atomic E-state index is 9.83. The molecule has 226 valence electrons. The number of rotatable bonds is 27. The lowest BCUT2D eigenvalue weighted by Crippen LogP contribution is -2.13. The van der Waals surface area contributed by atoms with Gasteiger partial charge in [0.2, 0.25) is 0 Å². The Labute approximate surface area is 236 Å². The smallest absolute Gasteiger partial charge is 0.0945 e. The third-order valence-electron chi connectivity index (χ3n) is 7.69. The Balaban J connectivity index is 0. The molecular formula is C32H69O3PS. The fraction of sp³-hybridized carbons (Fsp3) is 1.00. The minimum absolute atomic E-state index is 0.219. The second-order valence-electron chi connectivity index (χ2n) is 11.5. The van der Waals surface area contributed by atoms with Crippen molar-refractivity contribution in [1.29, 1.82) is 0 Å². The molecule has 0 radical (unpaired) electrons. The van der Waals surface area contributed by atoms with Crippen LogP contribution in [-0.4, -0.2) is 43.4 Å². The lowest BCUT2D eigenvalue weighted by molar-refractivity contribution is 0.461. The molecule has 0 saturated heterocycles. The van der Waals surface area contributed by atoms with Gasteiger partial charge in [-0.25, -0.2) is 8.42 Å². The number of hydrogen-bond donors (Lipinski definition) is 0. The van der Waals surface area contributed by atoms with Crippen LogP contribution in [0.15, 0.2) is 0 Å². The van der Waals surface area contributed by atoms with E-state index in [1.165, 1.54) is 122 Å². The SMILES string of the molecule is CCCCCCCCCCCCCCCC[P+](CCCC)(CCCC)CCCC.CCCCS(=O)(=O)[O-]. The normalized spacial score (nSPS) is 11.9. The Morgan fingerprint density at radius 1 is 0.405 bits per heavy atom. The summed E-state index contributed by atoms with van der Waals surface area (Å²) < 4.78 is 29.5. The van der Waals surface area contributed by atoms with E-state index >= 15 is 0 Å². The summed E-state index contributed by atoms with van der Waals surface area (Å²) in [6.07, 6.45) is 37.2. The number of unbranched alkanes of at least 4 members (excludes halogenated alkanes) is 17. The van der Waals surface area contributed by atoms with Crippen molar-refractivity contribution in [2.24, 2.45) is 0 Å². The molecule has 0 atom stereocenters. The number of hydrogen-bond acceptors (Lipinski definition) is 3. The Bertz CT molecular complexity index is 514. The van der Waals surface area contributed by atoms with Gasteiger partial charge < -0.3 is 4.55 Å². The highest BCUT2D eigenvalue weighted by Crippen LogP contribution is 2.61. The van der Waals surface area contributed by atoms with Gasteiger partial charge in [0.25, 0.3) is 0 Å². The lowest BCUT2D eigenvalue weighted by Gasteiger charge is -2.28. The van der Waals surface area contributed by atoms with Crippen LogP contribution in [0, 0.1) is 0 Å². The van der Waals surface area contributed by atoms with Crippen LogP contribution >= 0.6 is 7.26 Å². The Morgan fingerprint density at radius 2 is 0.676 bits per heavy atom. The zero-order chi connectivity index (χ0) is 28.1. The lowest BCUT2D eigenvalue weighted by atomic mass is 10.0. The molecule has 0 aromatic carbocycles. The van der Waals surface area contributed by atoms with Crippen LogP contribution in [0.2, 0.25) is 0 Å². The van der Waals surface area contributed by atoms with Gasteiger partial charge in [0.15, 0.2) is 0 Å². The highest BCUT2D eigenvalue weighted by Gasteiger charge is 2.34. The van der Waals surface area contributed by atoms with Gasteiger partial charge in [0, 0.05) is 13.0 Å². The topological polar surface area (TPSA) is 57.2 Å². The summed E-state index contributed by atoms with van der Waals surface area (Å²) in [5, 5.41) is 0. The van der Waals surface area contributed by atoms with E-state index in [0.717, 1.165) is 6.42 Å². The van der Waals surface area contributed by atoms with Crippen LogP contribution in [0.3, 0.4) is 0 Å². The van der Waals surface area contributed by atoms with E-state index < -0.39 is 17.4 Å². The van der Waals surface area contributed by atoms with E-state index in [-0.39, 0.29) is 5.75 Å². The summed E-state index contributed by atoms with van der Waals surface area (Å²) in [5.41, 5.74) is 0. The zero-order valence-electron chi connectivity index (χ0n) is 26.2. The molecule has 0 aliphatic rings. The molecule has 0 unspecified atom stereocenters. The van der Waals surface area contributed by atoms with Crippen LogP contribution in [0.25, 0.3) is 0 Å². The quantitative estimate of drug-likeness (QED) is 0.0566. The van der Waals surface area contributed by atoms with E-state index in [9.17, 15) is 13.0 Å². The predicted molar refractivity (Wildman–Crippen MR) is 171 cm³/mol. The van der Waals surface area contributed by atoms with Crippen LogP contribution in [0.4, 0.5) is 0 Å². The molecule has 0 fully saturated rings. The van der Waals surface area contributed by atoms with Gasteiger partial charge in [0.05, 0.1) is 34.8 Å². The van der Waals surface area contributed by atoms with Crippen molar-refractivity contribution in [2.75, 3.05) is 30.4 Å². The standard InChI is InChI=1S/C28H60P.C4H10O3S/c1-5-9-13-14-15-16-17-18-19-20-21-22-23-24-28-29(25-10-6-2,26-11-7-3)27-12-8-4;1-2-3-4-8(5,6)7/h5-28H2,1-4H3;2-4H2,1H3,(H,5,6,7)/q+1;/p-1. The van der Waals surface area contributed by atoms with Crippen molar-refractivity contribution in [2.45, 2.75) is 176 Å². The Hall–Kier alpha value is 0.340. The zero-order valence-corrected chi connectivity index (χ0v) is 27.9. The fourth-order valence-corrected chi connectivity index (χ4v) is 11.0. The minimum atomic E-state index is -3.94. The van der Waals surface area contributed by atoms with Crippen molar-refractivity contribution >= 4 is 17.4 Å². The van der Waals surface area contributed by atoms with Gasteiger partial charge in [0.1, 0.15) is 0 Å². The van der Waals surface area contributed by atoms with Gasteiger partial charge >= 0.3 is 0 Å². The average molecular weight is 565 g/mol. The molecule has 37 heavy (non-hydrogen) atoms. The first kappa shape index (κ1) is 39.5. The first-order valence-electron chi connectivity index (χ1n) is 16.6. The van der Waals surface area contributed by atoms with E-state index in [1.807, 2.05) is 6.92 Å². The first-order valence-corrected chi connectivity index (χ1v) is 20.7. The average Bonchev–Trinajstić information content (AvgIpc) is 2.88. The van der Waals surface area contributed by atoms with Crippen LogP contribution in [0.1, 0.15) is 176 Å². The van der Waals surface area contributed by atoms with Gasteiger partial charge in [-0.05, 0) is 38.5 Å². The van der Waals surface area contributed by atoms with E-state index in [1.54, 1.807) is 31.1 Å². The summed E-state index contributed by atoms with van der Waals surface area (Å²) in [6, 6.07) is 0.